The highest BCUT2D eigenvalue weighted by atomic mass is 16.5. The van der Waals surface area contributed by atoms with E-state index < -0.39 is 12.1 Å². The SMILES string of the molecule is CNC(=O)[C@@H]1CN(CC(=O)Nc2ccccc2C(=O)OC)c2ccccc2O1. The van der Waals surface area contributed by atoms with Gasteiger partial charge in [-0.05, 0) is 24.3 Å². The number of para-hydroxylation sites is 3. The molecule has 2 aromatic rings. The number of hydrogen-bond donors (Lipinski definition) is 2. The van der Waals surface area contributed by atoms with Crippen molar-refractivity contribution in [3.63, 3.8) is 0 Å². The minimum absolute atomic E-state index is 0.0105. The van der Waals surface area contributed by atoms with Crippen LogP contribution in [0.4, 0.5) is 11.4 Å². The van der Waals surface area contributed by atoms with Crippen molar-refractivity contribution in [2.75, 3.05) is 37.5 Å². The summed E-state index contributed by atoms with van der Waals surface area (Å²) in [5, 5.41) is 5.30. The van der Waals surface area contributed by atoms with Crippen LogP contribution in [0.1, 0.15) is 10.4 Å². The van der Waals surface area contributed by atoms with Crippen LogP contribution in [-0.4, -0.2) is 51.1 Å². The highest BCUT2D eigenvalue weighted by Crippen LogP contribution is 2.33. The molecule has 0 bridgehead atoms. The predicted molar refractivity (Wildman–Crippen MR) is 104 cm³/mol. The number of fused-ring (bicyclic) bond motifs is 1. The highest BCUT2D eigenvalue weighted by Gasteiger charge is 2.31. The van der Waals surface area contributed by atoms with Crippen LogP contribution < -0.4 is 20.3 Å². The summed E-state index contributed by atoms with van der Waals surface area (Å²) < 4.78 is 10.5. The first kappa shape index (κ1) is 19.2. The molecule has 0 spiro atoms. The molecule has 1 heterocycles. The van der Waals surface area contributed by atoms with Crippen molar-refractivity contribution in [1.29, 1.82) is 0 Å². The van der Waals surface area contributed by atoms with Crippen molar-refractivity contribution >= 4 is 29.2 Å². The normalized spacial score (nSPS) is 15.1. The zero-order chi connectivity index (χ0) is 20.1. The molecule has 0 unspecified atom stereocenters. The van der Waals surface area contributed by atoms with Crippen LogP contribution in [0.25, 0.3) is 0 Å². The molecule has 8 nitrogen and oxygen atoms in total. The third kappa shape index (κ3) is 4.06. The fraction of sp³-hybridized carbons (Fsp3) is 0.250. The number of nitrogens with one attached hydrogen (secondary N) is 2. The van der Waals surface area contributed by atoms with Gasteiger partial charge in [-0.15, -0.1) is 0 Å². The Bertz CT molecular complexity index is 899. The minimum atomic E-state index is -0.727. The Morgan fingerprint density at radius 1 is 1.14 bits per heavy atom. The zero-order valence-electron chi connectivity index (χ0n) is 15.6. The number of amides is 2. The molecule has 2 amide bonds. The second kappa shape index (κ2) is 8.43. The third-order valence-electron chi connectivity index (χ3n) is 4.34. The van der Waals surface area contributed by atoms with E-state index >= 15 is 0 Å². The van der Waals surface area contributed by atoms with Gasteiger partial charge in [0.05, 0.1) is 37.1 Å². The van der Waals surface area contributed by atoms with Crippen molar-refractivity contribution in [3.8, 4) is 5.75 Å². The lowest BCUT2D eigenvalue weighted by Gasteiger charge is -2.35. The molecule has 3 rings (SSSR count). The van der Waals surface area contributed by atoms with Crippen LogP contribution >= 0.6 is 0 Å². The first-order chi connectivity index (χ1) is 13.5. The smallest absolute Gasteiger partial charge is 0.339 e. The number of benzene rings is 2. The first-order valence-corrected chi connectivity index (χ1v) is 8.73. The average Bonchev–Trinajstić information content (AvgIpc) is 2.72. The van der Waals surface area contributed by atoms with Gasteiger partial charge < -0.3 is 25.0 Å². The molecule has 28 heavy (non-hydrogen) atoms. The summed E-state index contributed by atoms with van der Waals surface area (Å²) in [6.07, 6.45) is -0.727. The summed E-state index contributed by atoms with van der Waals surface area (Å²) >= 11 is 0. The number of nitrogens with zero attached hydrogens (tertiary/aromatic N) is 1. The van der Waals surface area contributed by atoms with Crippen molar-refractivity contribution in [2.45, 2.75) is 6.10 Å². The van der Waals surface area contributed by atoms with E-state index in [4.69, 9.17) is 9.47 Å². The van der Waals surface area contributed by atoms with E-state index in [2.05, 4.69) is 10.6 Å². The molecule has 1 aliphatic heterocycles. The summed E-state index contributed by atoms with van der Waals surface area (Å²) in [5.74, 6) is -0.600. The molecular formula is C20H21N3O5. The fourth-order valence-electron chi connectivity index (χ4n) is 3.00. The van der Waals surface area contributed by atoms with E-state index in [0.717, 1.165) is 5.69 Å². The maximum atomic E-state index is 12.7. The van der Waals surface area contributed by atoms with Gasteiger partial charge in [0.2, 0.25) is 5.91 Å². The van der Waals surface area contributed by atoms with E-state index in [-0.39, 0.29) is 30.5 Å². The molecule has 1 atom stereocenters. The number of ether oxygens (including phenoxy) is 2. The van der Waals surface area contributed by atoms with Gasteiger partial charge in [0.15, 0.2) is 6.10 Å². The van der Waals surface area contributed by atoms with Crippen LogP contribution in [0, 0.1) is 0 Å². The Morgan fingerprint density at radius 3 is 2.61 bits per heavy atom. The largest absolute Gasteiger partial charge is 0.477 e. The maximum absolute atomic E-state index is 12.7. The minimum Gasteiger partial charge on any atom is -0.477 e. The molecule has 0 fully saturated rings. The van der Waals surface area contributed by atoms with Crippen molar-refractivity contribution < 1.29 is 23.9 Å². The number of carbonyl (C=O) groups is 3. The summed E-state index contributed by atoms with van der Waals surface area (Å²) in [5.41, 5.74) is 1.35. The van der Waals surface area contributed by atoms with Gasteiger partial charge in [-0.25, -0.2) is 4.79 Å². The maximum Gasteiger partial charge on any atom is 0.339 e. The Kier molecular flexibility index (Phi) is 5.78. The molecule has 2 aromatic carbocycles. The summed E-state index contributed by atoms with van der Waals surface area (Å²) in [6, 6.07) is 13.8. The summed E-state index contributed by atoms with van der Waals surface area (Å²) in [4.78, 5) is 38.3. The molecule has 2 N–H and O–H groups in total. The van der Waals surface area contributed by atoms with Crippen molar-refractivity contribution in [2.24, 2.45) is 0 Å². The predicted octanol–water partition coefficient (Wildman–Crippen LogP) is 1.43. The van der Waals surface area contributed by atoms with Crippen LogP contribution in [-0.2, 0) is 14.3 Å². The van der Waals surface area contributed by atoms with E-state index in [0.29, 0.717) is 11.4 Å². The summed E-state index contributed by atoms with van der Waals surface area (Å²) in [7, 11) is 2.82. The monoisotopic (exact) mass is 383 g/mol. The highest BCUT2D eigenvalue weighted by molar-refractivity contribution is 6.02. The lowest BCUT2D eigenvalue weighted by Crippen LogP contribution is -2.50. The third-order valence-corrected chi connectivity index (χ3v) is 4.34. The van der Waals surface area contributed by atoms with E-state index in [1.54, 1.807) is 41.3 Å². The fourth-order valence-corrected chi connectivity index (χ4v) is 3.00. The van der Waals surface area contributed by atoms with Crippen LogP contribution in [0.15, 0.2) is 48.5 Å². The molecule has 0 aromatic heterocycles. The van der Waals surface area contributed by atoms with Gasteiger partial charge >= 0.3 is 5.97 Å². The second-order valence-electron chi connectivity index (χ2n) is 6.15. The van der Waals surface area contributed by atoms with Gasteiger partial charge in [0.1, 0.15) is 5.75 Å². The van der Waals surface area contributed by atoms with Crippen LogP contribution in [0.3, 0.4) is 0 Å². The van der Waals surface area contributed by atoms with Gasteiger partial charge in [-0.3, -0.25) is 9.59 Å². The molecule has 0 saturated heterocycles. The topological polar surface area (TPSA) is 97.0 Å². The van der Waals surface area contributed by atoms with Crippen molar-refractivity contribution in [3.05, 3.63) is 54.1 Å². The van der Waals surface area contributed by atoms with Gasteiger partial charge in [0, 0.05) is 7.05 Å². The lowest BCUT2D eigenvalue weighted by atomic mass is 10.1. The number of anilines is 2. The lowest BCUT2D eigenvalue weighted by molar-refractivity contribution is -0.127. The van der Waals surface area contributed by atoms with E-state index in [1.807, 2.05) is 12.1 Å². The Morgan fingerprint density at radius 2 is 1.86 bits per heavy atom. The standard InChI is InChI=1S/C20H21N3O5/c1-21-19(25)17-11-23(15-9-5-6-10-16(15)28-17)12-18(24)22-14-8-4-3-7-13(14)20(26)27-2/h3-10,17H,11-12H2,1-2H3,(H,21,25)(H,22,24)/t17-/m0/s1. The van der Waals surface area contributed by atoms with Gasteiger partial charge in [-0.2, -0.15) is 0 Å². The Balaban J connectivity index is 1.78. The summed E-state index contributed by atoms with van der Waals surface area (Å²) in [6.45, 7) is 0.214. The van der Waals surface area contributed by atoms with E-state index in [1.165, 1.54) is 14.2 Å². The first-order valence-electron chi connectivity index (χ1n) is 8.73. The molecule has 146 valence electrons. The number of carbonyl (C=O) groups excluding carboxylic acids is 3. The van der Waals surface area contributed by atoms with Gasteiger partial charge in [-0.1, -0.05) is 24.3 Å². The van der Waals surface area contributed by atoms with Crippen LogP contribution in [0.5, 0.6) is 5.75 Å². The zero-order valence-corrected chi connectivity index (χ0v) is 15.6. The van der Waals surface area contributed by atoms with E-state index in [9.17, 15) is 14.4 Å². The second-order valence-corrected chi connectivity index (χ2v) is 6.15. The number of hydrogen-bond acceptors (Lipinski definition) is 6. The molecule has 1 aliphatic rings. The number of rotatable bonds is 5. The molecule has 0 radical (unpaired) electrons. The molecule has 8 heteroatoms. The molecule has 0 saturated carbocycles. The van der Waals surface area contributed by atoms with Crippen molar-refractivity contribution in [1.82, 2.24) is 5.32 Å². The molecule has 0 aliphatic carbocycles. The average molecular weight is 383 g/mol. The molecular weight excluding hydrogens is 362 g/mol. The number of methoxy groups -OCH3 is 1. The quantitative estimate of drug-likeness (QED) is 0.758. The number of likely N-dealkylation sites (N-methyl/N-ethyl adjacent to an activating group) is 1. The Labute approximate surface area is 162 Å². The number of esters is 1. The Hall–Kier alpha value is -3.55. The van der Waals surface area contributed by atoms with Crippen LogP contribution in [0.2, 0.25) is 0 Å². The van der Waals surface area contributed by atoms with Gasteiger partial charge in [0.25, 0.3) is 5.91 Å².